The number of aromatic nitrogens is 3. The summed E-state index contributed by atoms with van der Waals surface area (Å²) in [7, 11) is 0. The number of hydrogen-bond acceptors (Lipinski definition) is 10. The molecule has 0 unspecified atom stereocenters. The Morgan fingerprint density at radius 2 is 1.88 bits per heavy atom. The maximum Gasteiger partial charge on any atom is 0.270 e. The van der Waals surface area contributed by atoms with Crippen molar-refractivity contribution in [2.45, 2.75) is 13.8 Å². The van der Waals surface area contributed by atoms with E-state index in [1.807, 2.05) is 36.9 Å². The molecule has 0 aliphatic carbocycles. The minimum absolute atomic E-state index is 0.00581. The SMILES string of the molecule is Cc1ccc(C)c(Nc2nc(N/N=C/c3cccc([N+](=O)[O-])c3)nc(N3CCOCC3)n2)c1. The van der Waals surface area contributed by atoms with Crippen molar-refractivity contribution in [3.8, 4) is 0 Å². The van der Waals surface area contributed by atoms with Crippen LogP contribution in [0.2, 0.25) is 0 Å². The van der Waals surface area contributed by atoms with Crippen molar-refractivity contribution >= 4 is 35.4 Å². The summed E-state index contributed by atoms with van der Waals surface area (Å²) in [6.45, 7) is 6.56. The second-order valence-electron chi connectivity index (χ2n) is 7.55. The lowest BCUT2D eigenvalue weighted by molar-refractivity contribution is -0.384. The van der Waals surface area contributed by atoms with Gasteiger partial charge in [-0.25, -0.2) is 5.43 Å². The highest BCUT2D eigenvalue weighted by molar-refractivity contribution is 5.81. The number of hydrazone groups is 1. The molecule has 4 rings (SSSR count). The Morgan fingerprint density at radius 1 is 1.09 bits per heavy atom. The molecule has 170 valence electrons. The maximum absolute atomic E-state index is 11.0. The van der Waals surface area contributed by atoms with Crippen molar-refractivity contribution in [3.05, 3.63) is 69.3 Å². The number of rotatable bonds is 7. The van der Waals surface area contributed by atoms with Gasteiger partial charge in [-0.3, -0.25) is 10.1 Å². The van der Waals surface area contributed by atoms with E-state index in [9.17, 15) is 10.1 Å². The molecule has 11 nitrogen and oxygen atoms in total. The highest BCUT2D eigenvalue weighted by Gasteiger charge is 2.17. The molecule has 0 saturated carbocycles. The summed E-state index contributed by atoms with van der Waals surface area (Å²) < 4.78 is 5.43. The Labute approximate surface area is 190 Å². The smallest absolute Gasteiger partial charge is 0.270 e. The molecule has 3 aromatic rings. The van der Waals surface area contributed by atoms with E-state index in [2.05, 4.69) is 30.8 Å². The van der Waals surface area contributed by atoms with Gasteiger partial charge in [0.25, 0.3) is 5.69 Å². The average Bonchev–Trinajstić information content (AvgIpc) is 2.82. The standard InChI is InChI=1S/C22H24N8O3/c1-15-6-7-16(2)19(12-15)24-20-25-21(27-22(26-20)29-8-10-33-11-9-29)28-23-14-17-4-3-5-18(13-17)30(31)32/h3-7,12-14H,8-11H2,1-2H3,(H2,24,25,26,27,28)/b23-14+. The molecule has 2 N–H and O–H groups in total. The molecule has 1 aliphatic rings. The Kier molecular flexibility index (Phi) is 6.69. The molecular formula is C22H24N8O3. The van der Waals surface area contributed by atoms with Crippen molar-refractivity contribution in [2.75, 3.05) is 41.9 Å². The number of ether oxygens (including phenoxy) is 1. The van der Waals surface area contributed by atoms with E-state index in [1.54, 1.807) is 12.1 Å². The number of nitro groups is 1. The lowest BCUT2D eigenvalue weighted by atomic mass is 10.1. The molecule has 0 amide bonds. The van der Waals surface area contributed by atoms with E-state index in [4.69, 9.17) is 4.74 Å². The summed E-state index contributed by atoms with van der Waals surface area (Å²) in [6.07, 6.45) is 1.48. The molecule has 0 radical (unpaired) electrons. The summed E-state index contributed by atoms with van der Waals surface area (Å²) in [4.78, 5) is 26.1. The number of non-ortho nitro benzene ring substituents is 1. The molecule has 33 heavy (non-hydrogen) atoms. The summed E-state index contributed by atoms with van der Waals surface area (Å²) in [6, 6.07) is 12.3. The summed E-state index contributed by atoms with van der Waals surface area (Å²) >= 11 is 0. The molecule has 1 aliphatic heterocycles. The van der Waals surface area contributed by atoms with E-state index in [-0.39, 0.29) is 11.6 Å². The maximum atomic E-state index is 11.0. The fourth-order valence-electron chi connectivity index (χ4n) is 3.25. The van der Waals surface area contributed by atoms with Gasteiger partial charge >= 0.3 is 0 Å². The predicted octanol–water partition coefficient (Wildman–Crippen LogP) is 3.42. The van der Waals surface area contributed by atoms with Gasteiger partial charge in [-0.2, -0.15) is 20.1 Å². The summed E-state index contributed by atoms with van der Waals surface area (Å²) in [5.74, 6) is 1.14. The van der Waals surface area contributed by atoms with E-state index in [1.165, 1.54) is 18.3 Å². The van der Waals surface area contributed by atoms with Crippen molar-refractivity contribution < 1.29 is 9.66 Å². The van der Waals surface area contributed by atoms with Crippen LogP contribution in [0, 0.1) is 24.0 Å². The van der Waals surface area contributed by atoms with Crippen LogP contribution in [0.5, 0.6) is 0 Å². The zero-order valence-corrected chi connectivity index (χ0v) is 18.4. The van der Waals surface area contributed by atoms with Crippen LogP contribution >= 0.6 is 0 Å². The normalized spacial score (nSPS) is 13.8. The van der Waals surface area contributed by atoms with Crippen LogP contribution in [0.3, 0.4) is 0 Å². The van der Waals surface area contributed by atoms with E-state index < -0.39 is 4.92 Å². The molecule has 0 atom stereocenters. The van der Waals surface area contributed by atoms with Crippen LogP contribution < -0.4 is 15.6 Å². The van der Waals surface area contributed by atoms with Crippen LogP contribution in [-0.4, -0.2) is 52.4 Å². The molecule has 2 aromatic carbocycles. The van der Waals surface area contributed by atoms with Crippen molar-refractivity contribution in [2.24, 2.45) is 5.10 Å². The third-order valence-electron chi connectivity index (χ3n) is 5.02. The summed E-state index contributed by atoms with van der Waals surface area (Å²) in [5.41, 5.74) is 6.47. The average molecular weight is 448 g/mol. The monoisotopic (exact) mass is 448 g/mol. The van der Waals surface area contributed by atoms with Gasteiger partial charge in [-0.15, -0.1) is 0 Å². The first-order valence-electron chi connectivity index (χ1n) is 10.4. The fourth-order valence-corrected chi connectivity index (χ4v) is 3.25. The largest absolute Gasteiger partial charge is 0.378 e. The first-order valence-corrected chi connectivity index (χ1v) is 10.4. The number of nitrogens with zero attached hydrogens (tertiary/aromatic N) is 6. The van der Waals surface area contributed by atoms with Gasteiger partial charge in [0.15, 0.2) is 0 Å². The molecule has 1 aromatic heterocycles. The second-order valence-corrected chi connectivity index (χ2v) is 7.55. The first-order chi connectivity index (χ1) is 16.0. The number of aryl methyl sites for hydroxylation is 2. The van der Waals surface area contributed by atoms with Crippen molar-refractivity contribution in [1.82, 2.24) is 15.0 Å². The highest BCUT2D eigenvalue weighted by Crippen LogP contribution is 2.22. The number of anilines is 4. The third kappa shape index (κ3) is 5.77. The van der Waals surface area contributed by atoms with Crippen LogP contribution in [0.1, 0.15) is 16.7 Å². The zero-order chi connectivity index (χ0) is 23.2. The minimum Gasteiger partial charge on any atom is -0.378 e. The van der Waals surface area contributed by atoms with Crippen LogP contribution in [0.15, 0.2) is 47.6 Å². The van der Waals surface area contributed by atoms with Gasteiger partial charge in [0.05, 0.1) is 24.4 Å². The molecular weight excluding hydrogens is 424 g/mol. The zero-order valence-electron chi connectivity index (χ0n) is 18.4. The van der Waals surface area contributed by atoms with Gasteiger partial charge in [0, 0.05) is 36.5 Å². The van der Waals surface area contributed by atoms with E-state index >= 15 is 0 Å². The molecule has 1 saturated heterocycles. The van der Waals surface area contributed by atoms with Gasteiger partial charge in [0.2, 0.25) is 17.8 Å². The lowest BCUT2D eigenvalue weighted by Gasteiger charge is -2.27. The molecule has 2 heterocycles. The van der Waals surface area contributed by atoms with Crippen LogP contribution in [0.4, 0.5) is 29.2 Å². The van der Waals surface area contributed by atoms with Crippen LogP contribution in [-0.2, 0) is 4.74 Å². The highest BCUT2D eigenvalue weighted by atomic mass is 16.6. The lowest BCUT2D eigenvalue weighted by Crippen LogP contribution is -2.37. The van der Waals surface area contributed by atoms with E-state index in [0.717, 1.165) is 16.8 Å². The predicted molar refractivity (Wildman–Crippen MR) is 126 cm³/mol. The van der Waals surface area contributed by atoms with Crippen molar-refractivity contribution in [1.29, 1.82) is 0 Å². The Hall–Kier alpha value is -4.12. The fraction of sp³-hybridized carbons (Fsp3) is 0.273. The molecule has 0 bridgehead atoms. The van der Waals surface area contributed by atoms with Gasteiger partial charge in [-0.05, 0) is 31.0 Å². The first kappa shape index (κ1) is 22.1. The number of nitro benzene ring substituents is 1. The minimum atomic E-state index is -0.448. The second kappa shape index (κ2) is 10.0. The topological polar surface area (TPSA) is 131 Å². The Bertz CT molecular complexity index is 1180. The number of benzene rings is 2. The number of nitrogens with one attached hydrogen (secondary N) is 2. The van der Waals surface area contributed by atoms with Gasteiger partial charge in [0.1, 0.15) is 0 Å². The molecule has 0 spiro atoms. The third-order valence-corrected chi connectivity index (χ3v) is 5.02. The number of morpholine rings is 1. The quantitative estimate of drug-likeness (QED) is 0.317. The van der Waals surface area contributed by atoms with Crippen molar-refractivity contribution in [3.63, 3.8) is 0 Å². The Balaban J connectivity index is 1.59. The van der Waals surface area contributed by atoms with E-state index in [0.29, 0.717) is 43.8 Å². The molecule has 1 fully saturated rings. The van der Waals surface area contributed by atoms with Gasteiger partial charge < -0.3 is 15.0 Å². The number of hydrogen-bond donors (Lipinski definition) is 2. The van der Waals surface area contributed by atoms with Gasteiger partial charge in [-0.1, -0.05) is 24.3 Å². The molecule has 11 heteroatoms. The van der Waals surface area contributed by atoms with Crippen LogP contribution in [0.25, 0.3) is 0 Å². The summed E-state index contributed by atoms with van der Waals surface area (Å²) in [5, 5.41) is 18.4. The Morgan fingerprint density at radius 3 is 2.67 bits per heavy atom.